The molecule has 0 atom stereocenters. The van der Waals surface area contributed by atoms with Gasteiger partial charge >= 0.3 is 6.09 Å². The van der Waals surface area contributed by atoms with E-state index in [1.54, 1.807) is 12.1 Å². The van der Waals surface area contributed by atoms with Gasteiger partial charge in [0.15, 0.2) is 11.5 Å². The maximum absolute atomic E-state index is 11.9. The third-order valence-electron chi connectivity index (χ3n) is 2.81. The molecule has 0 fully saturated rings. The van der Waals surface area contributed by atoms with Crippen molar-refractivity contribution in [3.8, 4) is 11.5 Å². The lowest BCUT2D eigenvalue weighted by Gasteiger charge is -2.18. The van der Waals surface area contributed by atoms with Gasteiger partial charge in [-0.2, -0.15) is 0 Å². The Morgan fingerprint density at radius 1 is 1.21 bits per heavy atom. The van der Waals surface area contributed by atoms with Gasteiger partial charge in [0.05, 0.1) is 33.4 Å². The van der Waals surface area contributed by atoms with Crippen molar-refractivity contribution in [3.05, 3.63) is 17.7 Å². The highest BCUT2D eigenvalue weighted by molar-refractivity contribution is 6.03. The average molecular weight is 266 g/mol. The first-order chi connectivity index (χ1) is 9.10. The number of carbonyl (C=O) groups excluding carboxylic acids is 2. The highest BCUT2D eigenvalue weighted by Crippen LogP contribution is 2.38. The summed E-state index contributed by atoms with van der Waals surface area (Å²) in [5.41, 5.74) is 3.65. The van der Waals surface area contributed by atoms with Gasteiger partial charge in [-0.1, -0.05) is 0 Å². The molecule has 102 valence electrons. The Kier molecular flexibility index (Phi) is 3.46. The number of nitrogens with one attached hydrogen (secondary N) is 1. The van der Waals surface area contributed by atoms with Gasteiger partial charge in [-0.15, -0.1) is 0 Å². The molecule has 0 aromatic heterocycles. The molecule has 0 unspecified atom stereocenters. The van der Waals surface area contributed by atoms with Crippen LogP contribution in [-0.4, -0.2) is 33.3 Å². The molecule has 1 aromatic rings. The summed E-state index contributed by atoms with van der Waals surface area (Å²) >= 11 is 0. The van der Waals surface area contributed by atoms with Crippen LogP contribution in [0.15, 0.2) is 12.1 Å². The van der Waals surface area contributed by atoms with Crippen molar-refractivity contribution in [1.29, 1.82) is 0 Å². The smallest absolute Gasteiger partial charge is 0.426 e. The number of hydrogen-bond donors (Lipinski definition) is 1. The van der Waals surface area contributed by atoms with E-state index in [-0.39, 0.29) is 12.3 Å². The van der Waals surface area contributed by atoms with Crippen molar-refractivity contribution < 1.29 is 23.8 Å². The molecule has 1 heterocycles. The Labute approximate surface area is 110 Å². The Morgan fingerprint density at radius 2 is 1.84 bits per heavy atom. The molecule has 1 aliphatic rings. The number of carbonyl (C=O) groups is 2. The molecule has 1 N–H and O–H groups in total. The van der Waals surface area contributed by atoms with E-state index in [1.807, 2.05) is 0 Å². The van der Waals surface area contributed by atoms with Crippen molar-refractivity contribution in [2.45, 2.75) is 6.42 Å². The minimum atomic E-state index is -0.712. The largest absolute Gasteiger partial charge is 0.493 e. The monoisotopic (exact) mass is 266 g/mol. The van der Waals surface area contributed by atoms with E-state index >= 15 is 0 Å². The Bertz CT molecular complexity index is 529. The van der Waals surface area contributed by atoms with Gasteiger partial charge in [0.1, 0.15) is 0 Å². The number of benzene rings is 1. The van der Waals surface area contributed by atoms with Gasteiger partial charge in [-0.25, -0.2) is 15.2 Å². The standard InChI is InChI=1S/C12H14N2O5/c1-17-9-4-7-5-11(15)14(13-12(16)19-3)8(7)6-10(9)18-2/h4,6H,5H2,1-3H3,(H,13,16). The number of hydrazine groups is 1. The first-order valence-corrected chi connectivity index (χ1v) is 5.53. The second-order valence-electron chi connectivity index (χ2n) is 3.85. The zero-order valence-electron chi connectivity index (χ0n) is 10.9. The fourth-order valence-corrected chi connectivity index (χ4v) is 1.90. The molecule has 2 rings (SSSR count). The molecule has 0 spiro atoms. The highest BCUT2D eigenvalue weighted by atomic mass is 16.5. The normalized spacial score (nSPS) is 13.0. The van der Waals surface area contributed by atoms with E-state index in [4.69, 9.17) is 9.47 Å². The SMILES string of the molecule is COC(=O)NN1C(=O)Cc2cc(OC)c(OC)cc21. The summed E-state index contributed by atoms with van der Waals surface area (Å²) in [6.45, 7) is 0. The van der Waals surface area contributed by atoms with E-state index in [2.05, 4.69) is 10.2 Å². The lowest BCUT2D eigenvalue weighted by Crippen LogP contribution is -2.44. The number of methoxy groups -OCH3 is 3. The minimum absolute atomic E-state index is 0.180. The number of fused-ring (bicyclic) bond motifs is 1. The fourth-order valence-electron chi connectivity index (χ4n) is 1.90. The molecule has 19 heavy (non-hydrogen) atoms. The maximum Gasteiger partial charge on any atom is 0.426 e. The summed E-state index contributed by atoms with van der Waals surface area (Å²) in [6, 6.07) is 3.35. The van der Waals surface area contributed by atoms with Gasteiger partial charge in [-0.05, 0) is 11.6 Å². The van der Waals surface area contributed by atoms with Crippen LogP contribution in [0.4, 0.5) is 10.5 Å². The minimum Gasteiger partial charge on any atom is -0.493 e. The molecule has 0 radical (unpaired) electrons. The van der Waals surface area contributed by atoms with Crippen molar-refractivity contribution in [3.63, 3.8) is 0 Å². The average Bonchev–Trinajstić information content (AvgIpc) is 2.72. The summed E-state index contributed by atoms with van der Waals surface area (Å²) in [6.07, 6.45) is -0.532. The second kappa shape index (κ2) is 5.05. The zero-order chi connectivity index (χ0) is 14.0. The number of ether oxygens (including phenoxy) is 3. The molecule has 2 amide bonds. The van der Waals surface area contributed by atoms with Crippen LogP contribution in [-0.2, 0) is 16.0 Å². The molecule has 1 aliphatic heterocycles. The van der Waals surface area contributed by atoms with Gasteiger partial charge in [0, 0.05) is 6.07 Å². The summed E-state index contributed by atoms with van der Waals surface area (Å²) < 4.78 is 14.8. The Balaban J connectivity index is 2.39. The predicted molar refractivity (Wildman–Crippen MR) is 66.3 cm³/mol. The van der Waals surface area contributed by atoms with Gasteiger partial charge < -0.3 is 14.2 Å². The molecular formula is C12H14N2O5. The molecule has 7 heteroatoms. The first kappa shape index (κ1) is 13.0. The zero-order valence-corrected chi connectivity index (χ0v) is 10.9. The van der Waals surface area contributed by atoms with Gasteiger partial charge in [-0.3, -0.25) is 4.79 Å². The number of anilines is 1. The van der Waals surface area contributed by atoms with Gasteiger partial charge in [0.2, 0.25) is 5.91 Å². The van der Waals surface area contributed by atoms with E-state index < -0.39 is 6.09 Å². The fraction of sp³-hybridized carbons (Fsp3) is 0.333. The molecule has 0 aliphatic carbocycles. The predicted octanol–water partition coefficient (Wildman–Crippen LogP) is 0.864. The number of nitrogens with zero attached hydrogens (tertiary/aromatic N) is 1. The molecule has 7 nitrogen and oxygen atoms in total. The number of rotatable bonds is 3. The molecule has 0 saturated carbocycles. The van der Waals surface area contributed by atoms with Crippen LogP contribution in [0.1, 0.15) is 5.56 Å². The lowest BCUT2D eigenvalue weighted by molar-refractivity contribution is -0.117. The van der Waals surface area contributed by atoms with Crippen molar-refractivity contribution in [2.24, 2.45) is 0 Å². The Morgan fingerprint density at radius 3 is 2.42 bits per heavy atom. The molecule has 0 bridgehead atoms. The highest BCUT2D eigenvalue weighted by Gasteiger charge is 2.30. The van der Waals surface area contributed by atoms with Crippen LogP contribution in [0.5, 0.6) is 11.5 Å². The quantitative estimate of drug-likeness (QED) is 0.878. The van der Waals surface area contributed by atoms with Crippen LogP contribution in [0.25, 0.3) is 0 Å². The van der Waals surface area contributed by atoms with Crippen LogP contribution in [0, 0.1) is 0 Å². The lowest BCUT2D eigenvalue weighted by atomic mass is 10.1. The van der Waals surface area contributed by atoms with Crippen molar-refractivity contribution in [2.75, 3.05) is 26.3 Å². The van der Waals surface area contributed by atoms with E-state index in [0.717, 1.165) is 10.6 Å². The summed E-state index contributed by atoms with van der Waals surface area (Å²) in [4.78, 5) is 23.1. The number of amides is 2. The first-order valence-electron chi connectivity index (χ1n) is 5.53. The van der Waals surface area contributed by atoms with E-state index in [1.165, 1.54) is 21.3 Å². The van der Waals surface area contributed by atoms with Crippen molar-refractivity contribution in [1.82, 2.24) is 5.43 Å². The third kappa shape index (κ3) is 2.26. The van der Waals surface area contributed by atoms with Crippen LogP contribution < -0.4 is 19.9 Å². The maximum atomic E-state index is 11.9. The summed E-state index contributed by atoms with van der Waals surface area (Å²) in [5, 5.41) is 1.14. The van der Waals surface area contributed by atoms with Crippen LogP contribution >= 0.6 is 0 Å². The second-order valence-corrected chi connectivity index (χ2v) is 3.85. The van der Waals surface area contributed by atoms with Crippen molar-refractivity contribution >= 4 is 17.7 Å². The molecular weight excluding hydrogens is 252 g/mol. The summed E-state index contributed by atoms with van der Waals surface area (Å²) in [7, 11) is 4.25. The number of hydrogen-bond acceptors (Lipinski definition) is 5. The van der Waals surface area contributed by atoms with Gasteiger partial charge in [0.25, 0.3) is 0 Å². The Hall–Kier alpha value is -2.44. The van der Waals surface area contributed by atoms with E-state index in [0.29, 0.717) is 17.2 Å². The topological polar surface area (TPSA) is 77.1 Å². The summed E-state index contributed by atoms with van der Waals surface area (Å²) in [5.74, 6) is 0.761. The molecule has 0 saturated heterocycles. The van der Waals surface area contributed by atoms with Crippen LogP contribution in [0.2, 0.25) is 0 Å². The third-order valence-corrected chi connectivity index (χ3v) is 2.81. The van der Waals surface area contributed by atoms with E-state index in [9.17, 15) is 9.59 Å². The van der Waals surface area contributed by atoms with Crippen LogP contribution in [0.3, 0.4) is 0 Å². The molecule has 1 aromatic carbocycles.